The van der Waals surface area contributed by atoms with E-state index in [1.807, 2.05) is 36.4 Å². The average molecular weight is 407 g/mol. The largest absolute Gasteiger partial charge is 0.436 e. The quantitative estimate of drug-likeness (QED) is 0.298. The molecule has 2 heterocycles. The van der Waals surface area contributed by atoms with Crippen molar-refractivity contribution < 1.29 is 4.42 Å². The molecule has 3 nitrogen and oxygen atoms in total. The van der Waals surface area contributed by atoms with Crippen LogP contribution in [0, 0.1) is 0 Å². The summed E-state index contributed by atoms with van der Waals surface area (Å²) in [7, 11) is 0. The first-order valence-corrected chi connectivity index (χ1v) is 10.1. The molecule has 2 aromatic heterocycles. The Morgan fingerprint density at radius 1 is 0.667 bits per heavy atom. The van der Waals surface area contributed by atoms with E-state index in [0.29, 0.717) is 16.6 Å². The maximum atomic E-state index is 6.54. The second-order valence-corrected chi connectivity index (χ2v) is 7.58. The number of halogens is 1. The summed E-state index contributed by atoms with van der Waals surface area (Å²) in [5.74, 6) is 0. The van der Waals surface area contributed by atoms with E-state index in [9.17, 15) is 0 Å². The molecule has 142 valence electrons. The third-order valence-corrected chi connectivity index (χ3v) is 5.67. The van der Waals surface area contributed by atoms with E-state index >= 15 is 0 Å². The Hall–Kier alpha value is -3.69. The number of hydrogen-bond donors (Lipinski definition) is 0. The SMILES string of the molecule is Clc1nc2oc3ccccc3c2nc1-c1ccc2cccc(-c3ccccc3)c2c1. The summed E-state index contributed by atoms with van der Waals surface area (Å²) in [5.41, 5.74) is 5.86. The monoisotopic (exact) mass is 406 g/mol. The van der Waals surface area contributed by atoms with Crippen molar-refractivity contribution >= 4 is 44.6 Å². The summed E-state index contributed by atoms with van der Waals surface area (Å²) in [6, 6.07) is 30.8. The Bertz CT molecular complexity index is 1550. The molecule has 4 aromatic carbocycles. The Kier molecular flexibility index (Phi) is 3.83. The third kappa shape index (κ3) is 2.67. The van der Waals surface area contributed by atoms with Crippen LogP contribution in [-0.4, -0.2) is 9.97 Å². The molecule has 0 bridgehead atoms. The van der Waals surface area contributed by atoms with Crippen molar-refractivity contribution in [1.29, 1.82) is 0 Å². The standard InChI is InChI=1S/C26H15ClN2O/c27-25-23(28-24-20-10-4-5-12-22(20)30-26(24)29-25)18-14-13-17-9-6-11-19(21(17)15-18)16-7-2-1-3-8-16/h1-15H. The number of furan rings is 1. The van der Waals surface area contributed by atoms with Crippen molar-refractivity contribution in [3.8, 4) is 22.4 Å². The van der Waals surface area contributed by atoms with Crippen molar-refractivity contribution in [2.45, 2.75) is 0 Å². The molecule has 30 heavy (non-hydrogen) atoms. The number of para-hydroxylation sites is 1. The summed E-state index contributed by atoms with van der Waals surface area (Å²) >= 11 is 6.54. The molecule has 6 rings (SSSR count). The van der Waals surface area contributed by atoms with Crippen LogP contribution in [0.3, 0.4) is 0 Å². The summed E-state index contributed by atoms with van der Waals surface area (Å²) in [5, 5.41) is 3.58. The number of fused-ring (bicyclic) bond motifs is 4. The van der Waals surface area contributed by atoms with Crippen LogP contribution in [0.15, 0.2) is 95.4 Å². The fourth-order valence-corrected chi connectivity index (χ4v) is 4.20. The van der Waals surface area contributed by atoms with E-state index in [1.165, 1.54) is 16.5 Å². The normalized spacial score (nSPS) is 11.5. The van der Waals surface area contributed by atoms with Gasteiger partial charge in [-0.25, -0.2) is 4.98 Å². The van der Waals surface area contributed by atoms with E-state index in [4.69, 9.17) is 21.0 Å². The van der Waals surface area contributed by atoms with Gasteiger partial charge in [0.25, 0.3) is 0 Å². The van der Waals surface area contributed by atoms with Gasteiger partial charge in [-0.05, 0) is 40.1 Å². The van der Waals surface area contributed by atoms with Gasteiger partial charge in [0.2, 0.25) is 5.71 Å². The molecule has 0 aliphatic rings. The first kappa shape index (κ1) is 17.2. The van der Waals surface area contributed by atoms with Crippen LogP contribution in [0.1, 0.15) is 0 Å². The number of aromatic nitrogens is 2. The Labute approximate surface area is 177 Å². The highest BCUT2D eigenvalue weighted by molar-refractivity contribution is 6.32. The smallest absolute Gasteiger partial charge is 0.247 e. The lowest BCUT2D eigenvalue weighted by molar-refractivity contribution is 0.653. The van der Waals surface area contributed by atoms with Crippen LogP contribution in [0.4, 0.5) is 0 Å². The van der Waals surface area contributed by atoms with Crippen LogP contribution in [-0.2, 0) is 0 Å². The number of rotatable bonds is 2. The Balaban J connectivity index is 1.60. The molecule has 0 amide bonds. The second kappa shape index (κ2) is 6.68. The predicted octanol–water partition coefficient (Wildman–Crippen LogP) is 7.52. The molecule has 0 unspecified atom stereocenters. The zero-order valence-electron chi connectivity index (χ0n) is 15.8. The lowest BCUT2D eigenvalue weighted by Gasteiger charge is -2.10. The highest BCUT2D eigenvalue weighted by Crippen LogP contribution is 2.35. The fourth-order valence-electron chi connectivity index (χ4n) is 3.98. The zero-order valence-corrected chi connectivity index (χ0v) is 16.6. The predicted molar refractivity (Wildman–Crippen MR) is 123 cm³/mol. The van der Waals surface area contributed by atoms with Gasteiger partial charge in [0.1, 0.15) is 16.8 Å². The van der Waals surface area contributed by atoms with Crippen molar-refractivity contribution in [3.63, 3.8) is 0 Å². The van der Waals surface area contributed by atoms with Crippen LogP contribution in [0.25, 0.3) is 55.4 Å². The molecule has 0 saturated heterocycles. The van der Waals surface area contributed by atoms with Crippen LogP contribution in [0.5, 0.6) is 0 Å². The Morgan fingerprint density at radius 3 is 2.40 bits per heavy atom. The lowest BCUT2D eigenvalue weighted by atomic mass is 9.96. The van der Waals surface area contributed by atoms with Gasteiger partial charge in [-0.15, -0.1) is 0 Å². The third-order valence-electron chi connectivity index (χ3n) is 5.41. The summed E-state index contributed by atoms with van der Waals surface area (Å²) in [6.45, 7) is 0. The van der Waals surface area contributed by atoms with Crippen molar-refractivity contribution in [1.82, 2.24) is 9.97 Å². The van der Waals surface area contributed by atoms with E-state index in [0.717, 1.165) is 27.4 Å². The van der Waals surface area contributed by atoms with Gasteiger partial charge in [-0.2, -0.15) is 4.98 Å². The molecule has 6 aromatic rings. The Morgan fingerprint density at radius 2 is 1.50 bits per heavy atom. The van der Waals surface area contributed by atoms with E-state index < -0.39 is 0 Å². The first-order chi connectivity index (χ1) is 14.8. The molecule has 0 N–H and O–H groups in total. The van der Waals surface area contributed by atoms with Crippen molar-refractivity contribution in [2.24, 2.45) is 0 Å². The van der Waals surface area contributed by atoms with Gasteiger partial charge in [-0.1, -0.05) is 84.4 Å². The van der Waals surface area contributed by atoms with E-state index in [2.05, 4.69) is 59.6 Å². The summed E-state index contributed by atoms with van der Waals surface area (Å²) in [6.07, 6.45) is 0. The molecule has 0 saturated carbocycles. The van der Waals surface area contributed by atoms with Gasteiger partial charge in [-0.3, -0.25) is 0 Å². The maximum absolute atomic E-state index is 6.54. The summed E-state index contributed by atoms with van der Waals surface area (Å²) in [4.78, 5) is 9.34. The molecular formula is C26H15ClN2O. The molecule has 0 spiro atoms. The van der Waals surface area contributed by atoms with Crippen LogP contribution in [0.2, 0.25) is 5.15 Å². The van der Waals surface area contributed by atoms with Crippen LogP contribution >= 0.6 is 11.6 Å². The summed E-state index contributed by atoms with van der Waals surface area (Å²) < 4.78 is 5.81. The van der Waals surface area contributed by atoms with Crippen molar-refractivity contribution in [3.05, 3.63) is 96.1 Å². The second-order valence-electron chi connectivity index (χ2n) is 7.22. The molecular weight excluding hydrogens is 392 g/mol. The first-order valence-electron chi connectivity index (χ1n) is 9.71. The number of hydrogen-bond acceptors (Lipinski definition) is 3. The maximum Gasteiger partial charge on any atom is 0.247 e. The van der Waals surface area contributed by atoms with Gasteiger partial charge in [0.05, 0.1) is 0 Å². The fraction of sp³-hybridized carbons (Fsp3) is 0. The average Bonchev–Trinajstić information content (AvgIpc) is 3.15. The highest BCUT2D eigenvalue weighted by Gasteiger charge is 2.16. The van der Waals surface area contributed by atoms with Crippen molar-refractivity contribution in [2.75, 3.05) is 0 Å². The highest BCUT2D eigenvalue weighted by atomic mass is 35.5. The molecule has 0 atom stereocenters. The topological polar surface area (TPSA) is 38.9 Å². The minimum absolute atomic E-state index is 0.332. The van der Waals surface area contributed by atoms with Crippen LogP contribution < -0.4 is 0 Å². The van der Waals surface area contributed by atoms with Gasteiger partial charge in [0, 0.05) is 10.9 Å². The number of benzene rings is 4. The van der Waals surface area contributed by atoms with E-state index in [1.54, 1.807) is 0 Å². The van der Waals surface area contributed by atoms with Gasteiger partial charge >= 0.3 is 0 Å². The molecule has 0 aliphatic heterocycles. The lowest BCUT2D eigenvalue weighted by Crippen LogP contribution is -1.90. The minimum Gasteiger partial charge on any atom is -0.436 e. The number of nitrogens with zero attached hydrogens (tertiary/aromatic N) is 2. The molecule has 0 aliphatic carbocycles. The zero-order chi connectivity index (χ0) is 20.1. The molecule has 0 fully saturated rings. The van der Waals surface area contributed by atoms with E-state index in [-0.39, 0.29) is 0 Å². The molecule has 0 radical (unpaired) electrons. The van der Waals surface area contributed by atoms with Gasteiger partial charge < -0.3 is 4.42 Å². The van der Waals surface area contributed by atoms with Gasteiger partial charge in [0.15, 0.2) is 5.15 Å². The minimum atomic E-state index is 0.332. The molecule has 4 heteroatoms.